The SMILES string of the molecule is CCCC[C@@]1(OC(=O)CCC(=O)OC)CC[C@]2(CC[C@H](C)[C@@H](C/C=C(C)/C=C/[C@H](O)[C@@H](C)/C=C/C(=O)O)O2)O[C@H]1/C=C/C(C)=C/C(=O)OC. The Hall–Kier alpha value is -3.54. The second-order valence-electron chi connectivity index (χ2n) is 13.2. The molecular formula is C38H56O11. The zero-order valence-electron chi connectivity index (χ0n) is 30.1. The van der Waals surface area contributed by atoms with Crippen LogP contribution in [0.25, 0.3) is 0 Å². The van der Waals surface area contributed by atoms with Crippen LogP contribution in [-0.2, 0) is 42.9 Å². The fourth-order valence-electron chi connectivity index (χ4n) is 5.96. The summed E-state index contributed by atoms with van der Waals surface area (Å²) in [5, 5.41) is 19.2. The summed E-state index contributed by atoms with van der Waals surface area (Å²) in [6.45, 7) is 9.65. The highest BCUT2D eigenvalue weighted by Gasteiger charge is 2.54. The van der Waals surface area contributed by atoms with Crippen LogP contribution in [0.15, 0.2) is 59.8 Å². The largest absolute Gasteiger partial charge is 0.478 e. The number of hydrogen-bond acceptors (Lipinski definition) is 10. The van der Waals surface area contributed by atoms with Crippen LogP contribution in [-0.4, -0.2) is 78.0 Å². The summed E-state index contributed by atoms with van der Waals surface area (Å²) in [5.74, 6) is -3.58. The number of carboxylic acid groups (broad SMARTS) is 1. The molecule has 0 bridgehead atoms. The van der Waals surface area contributed by atoms with Crippen molar-refractivity contribution in [1.29, 1.82) is 0 Å². The van der Waals surface area contributed by atoms with Gasteiger partial charge in [0.25, 0.3) is 0 Å². The first-order valence-electron chi connectivity index (χ1n) is 17.2. The van der Waals surface area contributed by atoms with Gasteiger partial charge in [0.15, 0.2) is 5.79 Å². The maximum Gasteiger partial charge on any atom is 0.330 e. The van der Waals surface area contributed by atoms with Gasteiger partial charge < -0.3 is 33.9 Å². The average Bonchev–Trinajstić information content (AvgIpc) is 3.08. The summed E-state index contributed by atoms with van der Waals surface area (Å²) in [7, 11) is 2.59. The first-order chi connectivity index (χ1) is 23.2. The molecule has 2 heterocycles. The van der Waals surface area contributed by atoms with Crippen LogP contribution in [0.3, 0.4) is 0 Å². The van der Waals surface area contributed by atoms with Crippen molar-refractivity contribution in [3.05, 3.63) is 59.8 Å². The van der Waals surface area contributed by atoms with Crippen LogP contribution >= 0.6 is 0 Å². The van der Waals surface area contributed by atoms with Crippen LogP contribution in [0, 0.1) is 11.8 Å². The van der Waals surface area contributed by atoms with Crippen LogP contribution in [0.4, 0.5) is 0 Å². The Balaban J connectivity index is 2.33. The first kappa shape index (κ1) is 41.6. The lowest BCUT2D eigenvalue weighted by Crippen LogP contribution is -2.59. The lowest BCUT2D eigenvalue weighted by atomic mass is 9.78. The molecule has 2 aliphatic heterocycles. The maximum absolute atomic E-state index is 13.1. The molecule has 0 amide bonds. The first-order valence-corrected chi connectivity index (χ1v) is 17.2. The molecule has 49 heavy (non-hydrogen) atoms. The van der Waals surface area contributed by atoms with Gasteiger partial charge in [-0.3, -0.25) is 9.59 Å². The minimum atomic E-state index is -1.06. The van der Waals surface area contributed by atoms with Crippen molar-refractivity contribution in [2.75, 3.05) is 14.2 Å². The third-order valence-corrected chi connectivity index (χ3v) is 9.19. The predicted octanol–water partition coefficient (Wildman–Crippen LogP) is 6.31. The number of hydrogen-bond donors (Lipinski definition) is 2. The molecule has 0 aromatic rings. The molecule has 1 spiro atoms. The Labute approximate surface area is 291 Å². The molecule has 2 N–H and O–H groups in total. The van der Waals surface area contributed by atoms with E-state index in [0.29, 0.717) is 37.7 Å². The van der Waals surface area contributed by atoms with Gasteiger partial charge in [0.05, 0.1) is 39.3 Å². The smallest absolute Gasteiger partial charge is 0.330 e. The second kappa shape index (κ2) is 20.2. The fraction of sp³-hybridized carbons (Fsp3) is 0.632. The van der Waals surface area contributed by atoms with Crippen molar-refractivity contribution in [3.8, 4) is 0 Å². The van der Waals surface area contributed by atoms with Crippen molar-refractivity contribution in [3.63, 3.8) is 0 Å². The highest BCUT2D eigenvalue weighted by molar-refractivity contribution is 5.83. The topological polar surface area (TPSA) is 155 Å². The van der Waals surface area contributed by atoms with Crippen molar-refractivity contribution >= 4 is 23.9 Å². The maximum atomic E-state index is 13.1. The standard InChI is InChI=1S/C38H56O11/c1-8-9-21-37(49-35(43)19-18-34(42)45-6)23-24-38(48-32(37)16-12-27(3)25-36(44)46-7)22-20-29(5)31(47-38)15-11-26(2)10-14-30(39)28(4)13-17-33(40)41/h10-14,16-17,25,28-32,39H,8-9,15,18-24H2,1-7H3,(H,40,41)/b14-10+,16-12+,17-13+,26-11+,27-25+/t28-,29-,30-,31+,32-,37+,38-/m0/s1. The number of esters is 3. The van der Waals surface area contributed by atoms with Crippen molar-refractivity contribution in [2.24, 2.45) is 11.8 Å². The highest BCUT2D eigenvalue weighted by atomic mass is 16.7. The summed E-state index contributed by atoms with van der Waals surface area (Å²) in [6.07, 6.45) is 16.4. The number of unbranched alkanes of at least 4 members (excludes halogenated alkanes) is 1. The van der Waals surface area contributed by atoms with E-state index in [0.717, 1.165) is 30.9 Å². The Morgan fingerprint density at radius 3 is 2.31 bits per heavy atom. The Morgan fingerprint density at radius 1 is 0.939 bits per heavy atom. The molecule has 11 heteroatoms. The normalized spacial score (nSPS) is 27.8. The summed E-state index contributed by atoms with van der Waals surface area (Å²) < 4.78 is 29.3. The lowest BCUT2D eigenvalue weighted by molar-refractivity contribution is -0.344. The van der Waals surface area contributed by atoms with Gasteiger partial charge in [0.2, 0.25) is 0 Å². The monoisotopic (exact) mass is 688 g/mol. The van der Waals surface area contributed by atoms with E-state index in [9.17, 15) is 24.3 Å². The number of aliphatic hydroxyl groups excluding tert-OH is 1. The van der Waals surface area contributed by atoms with Crippen LogP contribution in [0.1, 0.15) is 98.8 Å². The quantitative estimate of drug-likeness (QED) is 0.0765. The molecule has 0 aromatic heterocycles. The summed E-state index contributed by atoms with van der Waals surface area (Å²) in [6, 6.07) is 0. The van der Waals surface area contributed by atoms with Gasteiger partial charge in [-0.25, -0.2) is 9.59 Å². The zero-order valence-corrected chi connectivity index (χ0v) is 30.1. The van der Waals surface area contributed by atoms with E-state index in [1.165, 1.54) is 26.4 Å². The van der Waals surface area contributed by atoms with Gasteiger partial charge in [-0.2, -0.15) is 0 Å². The van der Waals surface area contributed by atoms with E-state index in [4.69, 9.17) is 28.8 Å². The minimum Gasteiger partial charge on any atom is -0.478 e. The Kier molecular flexibility index (Phi) is 17.2. The van der Waals surface area contributed by atoms with Gasteiger partial charge >= 0.3 is 23.9 Å². The van der Waals surface area contributed by atoms with E-state index < -0.39 is 47.5 Å². The van der Waals surface area contributed by atoms with Crippen molar-refractivity contribution in [1.82, 2.24) is 0 Å². The van der Waals surface area contributed by atoms with Crippen molar-refractivity contribution < 1.29 is 53.1 Å². The second-order valence-corrected chi connectivity index (χ2v) is 13.2. The Morgan fingerprint density at radius 2 is 1.65 bits per heavy atom. The van der Waals surface area contributed by atoms with Crippen molar-refractivity contribution in [2.45, 2.75) is 129 Å². The molecule has 7 atom stereocenters. The predicted molar refractivity (Wildman–Crippen MR) is 184 cm³/mol. The van der Waals surface area contributed by atoms with Gasteiger partial charge in [-0.15, -0.1) is 0 Å². The number of allylic oxidation sites excluding steroid dienone is 4. The average molecular weight is 689 g/mol. The zero-order chi connectivity index (χ0) is 36.6. The van der Waals surface area contributed by atoms with Crippen LogP contribution < -0.4 is 0 Å². The lowest BCUT2D eigenvalue weighted by Gasteiger charge is -2.53. The van der Waals surface area contributed by atoms with E-state index >= 15 is 0 Å². The summed E-state index contributed by atoms with van der Waals surface area (Å²) in [4.78, 5) is 47.5. The van der Waals surface area contributed by atoms with E-state index in [-0.39, 0.29) is 30.8 Å². The molecule has 0 saturated carbocycles. The molecule has 2 rings (SSSR count). The third kappa shape index (κ3) is 13.7. The molecule has 2 aliphatic rings. The van der Waals surface area contributed by atoms with Gasteiger partial charge in [-0.05, 0) is 57.4 Å². The number of carbonyl (C=O) groups excluding carboxylic acids is 3. The molecule has 11 nitrogen and oxygen atoms in total. The fourth-order valence-corrected chi connectivity index (χ4v) is 5.96. The van der Waals surface area contributed by atoms with Crippen LogP contribution in [0.5, 0.6) is 0 Å². The molecule has 0 unspecified atom stereocenters. The third-order valence-electron chi connectivity index (χ3n) is 9.19. The summed E-state index contributed by atoms with van der Waals surface area (Å²) >= 11 is 0. The minimum absolute atomic E-state index is 0.0873. The van der Waals surface area contributed by atoms with E-state index in [2.05, 4.69) is 19.9 Å². The number of methoxy groups -OCH3 is 2. The van der Waals surface area contributed by atoms with Crippen LogP contribution in [0.2, 0.25) is 0 Å². The number of aliphatic hydroxyl groups is 1. The number of ether oxygens (including phenoxy) is 5. The molecular weight excluding hydrogens is 632 g/mol. The number of carbonyl (C=O) groups is 4. The van der Waals surface area contributed by atoms with E-state index in [1.54, 1.807) is 26.0 Å². The molecule has 274 valence electrons. The number of carboxylic acids is 1. The van der Waals surface area contributed by atoms with Gasteiger partial charge in [-0.1, -0.05) is 69.2 Å². The van der Waals surface area contributed by atoms with Gasteiger partial charge in [0.1, 0.15) is 11.7 Å². The highest BCUT2D eigenvalue weighted by Crippen LogP contribution is 2.48. The Bertz CT molecular complexity index is 1280. The molecule has 2 fully saturated rings. The number of aliphatic carboxylic acids is 1. The molecule has 0 aliphatic carbocycles. The molecule has 2 saturated heterocycles. The van der Waals surface area contributed by atoms with Gasteiger partial charge in [0, 0.05) is 30.9 Å². The molecule has 0 radical (unpaired) electrons. The van der Waals surface area contributed by atoms with E-state index in [1.807, 2.05) is 19.1 Å². The molecule has 0 aromatic carbocycles. The summed E-state index contributed by atoms with van der Waals surface area (Å²) in [5.41, 5.74) is 0.565. The number of rotatable bonds is 17.